The molecule has 1 aliphatic rings. The van der Waals surface area contributed by atoms with Crippen molar-refractivity contribution in [2.24, 2.45) is 0 Å². The van der Waals surface area contributed by atoms with E-state index in [0.717, 1.165) is 50.3 Å². The molecule has 2 heterocycles. The molecule has 41 heavy (non-hydrogen) atoms. The maximum absolute atomic E-state index is 6.55. The number of rotatable bonds is 2. The largest absolute Gasteiger partial charge is 0.455 e. The van der Waals surface area contributed by atoms with Gasteiger partial charge in [0.15, 0.2) is 5.82 Å². The van der Waals surface area contributed by atoms with E-state index in [2.05, 4.69) is 109 Å². The van der Waals surface area contributed by atoms with Crippen molar-refractivity contribution in [3.63, 3.8) is 0 Å². The van der Waals surface area contributed by atoms with Crippen LogP contribution in [0, 0.1) is 0 Å². The van der Waals surface area contributed by atoms with Crippen LogP contribution in [-0.4, -0.2) is 9.97 Å². The lowest BCUT2D eigenvalue weighted by molar-refractivity contribution is 0.488. The van der Waals surface area contributed by atoms with E-state index in [0.29, 0.717) is 5.82 Å². The summed E-state index contributed by atoms with van der Waals surface area (Å²) in [6.07, 6.45) is 0. The summed E-state index contributed by atoms with van der Waals surface area (Å²) >= 11 is 0. The smallest absolute Gasteiger partial charge is 0.160 e. The molecule has 190 valence electrons. The molecule has 8 aromatic rings. The molecule has 0 saturated carbocycles. The molecule has 0 unspecified atom stereocenters. The highest BCUT2D eigenvalue weighted by molar-refractivity contribution is 6.25. The van der Waals surface area contributed by atoms with Crippen LogP contribution in [0.25, 0.3) is 77.0 Å². The molecule has 9 rings (SSSR count). The molecule has 0 amide bonds. The van der Waals surface area contributed by atoms with Gasteiger partial charge in [-0.3, -0.25) is 0 Å². The molecular formula is C38H22N2O. The number of para-hydroxylation sites is 1. The maximum atomic E-state index is 6.55. The van der Waals surface area contributed by atoms with Gasteiger partial charge in [-0.05, 0) is 68.2 Å². The topological polar surface area (TPSA) is 35.0 Å². The van der Waals surface area contributed by atoms with Gasteiger partial charge >= 0.3 is 0 Å². The van der Waals surface area contributed by atoms with Gasteiger partial charge in [0.1, 0.15) is 11.5 Å². The predicted octanol–water partition coefficient (Wildman–Crippen LogP) is 10.2. The second kappa shape index (κ2) is 8.48. The molecule has 0 atom stereocenters. The Morgan fingerprint density at radius 1 is 0.439 bits per heavy atom. The van der Waals surface area contributed by atoms with Gasteiger partial charge in [0.2, 0.25) is 0 Å². The van der Waals surface area contributed by atoms with Crippen LogP contribution >= 0.6 is 0 Å². The molecular weight excluding hydrogens is 500 g/mol. The Labute approximate surface area is 236 Å². The van der Waals surface area contributed by atoms with Crippen LogP contribution in [0.15, 0.2) is 133 Å². The summed E-state index contributed by atoms with van der Waals surface area (Å²) in [7, 11) is 0. The minimum absolute atomic E-state index is 0.710. The summed E-state index contributed by atoms with van der Waals surface area (Å²) in [6.45, 7) is 0. The summed E-state index contributed by atoms with van der Waals surface area (Å²) in [5.74, 6) is 2.33. The van der Waals surface area contributed by atoms with Crippen LogP contribution in [0.2, 0.25) is 0 Å². The summed E-state index contributed by atoms with van der Waals surface area (Å²) in [6, 6.07) is 46.6. The summed E-state index contributed by atoms with van der Waals surface area (Å²) in [5, 5.41) is 8.41. The van der Waals surface area contributed by atoms with Crippen LogP contribution in [0.5, 0.6) is 11.5 Å². The van der Waals surface area contributed by atoms with E-state index < -0.39 is 0 Å². The van der Waals surface area contributed by atoms with Crippen LogP contribution < -0.4 is 4.74 Å². The third-order valence-corrected chi connectivity index (χ3v) is 8.26. The molecule has 3 heteroatoms. The van der Waals surface area contributed by atoms with E-state index in [9.17, 15) is 0 Å². The third-order valence-electron chi connectivity index (χ3n) is 8.26. The molecule has 0 bridgehead atoms. The normalized spacial score (nSPS) is 12.1. The van der Waals surface area contributed by atoms with Crippen molar-refractivity contribution in [2.75, 3.05) is 0 Å². The molecule has 0 radical (unpaired) electrons. The summed E-state index contributed by atoms with van der Waals surface area (Å²) < 4.78 is 6.55. The van der Waals surface area contributed by atoms with E-state index >= 15 is 0 Å². The van der Waals surface area contributed by atoms with Crippen molar-refractivity contribution < 1.29 is 4.74 Å². The molecule has 3 nitrogen and oxygen atoms in total. The van der Waals surface area contributed by atoms with Gasteiger partial charge < -0.3 is 4.74 Å². The number of hydrogen-bond donors (Lipinski definition) is 0. The van der Waals surface area contributed by atoms with Gasteiger partial charge in [-0.2, -0.15) is 0 Å². The molecule has 0 saturated heterocycles. The minimum Gasteiger partial charge on any atom is -0.455 e. The fourth-order valence-electron chi connectivity index (χ4n) is 6.38. The lowest BCUT2D eigenvalue weighted by atomic mass is 9.93. The SMILES string of the molecule is c1ccc(-c2ccc3nc(-c4ccc5c6ccccc6c6ccccc6c5c4)nc4c3c2Oc2ccccc2-4)cc1. The first-order chi connectivity index (χ1) is 20.3. The molecule has 0 aliphatic carbocycles. The monoisotopic (exact) mass is 522 g/mol. The Morgan fingerprint density at radius 2 is 1.07 bits per heavy atom. The Balaban J connectivity index is 1.33. The number of hydrogen-bond acceptors (Lipinski definition) is 3. The average molecular weight is 523 g/mol. The number of aromatic nitrogens is 2. The van der Waals surface area contributed by atoms with Crippen LogP contribution in [0.3, 0.4) is 0 Å². The van der Waals surface area contributed by atoms with Gasteiger partial charge in [-0.15, -0.1) is 0 Å². The minimum atomic E-state index is 0.710. The second-order valence-corrected chi connectivity index (χ2v) is 10.5. The molecule has 0 spiro atoms. The maximum Gasteiger partial charge on any atom is 0.160 e. The lowest BCUT2D eigenvalue weighted by Gasteiger charge is -2.23. The zero-order valence-corrected chi connectivity index (χ0v) is 22.0. The Hall–Kier alpha value is -5.54. The summed E-state index contributed by atoms with van der Waals surface area (Å²) in [4.78, 5) is 10.4. The van der Waals surface area contributed by atoms with E-state index in [4.69, 9.17) is 14.7 Å². The van der Waals surface area contributed by atoms with Crippen LogP contribution in [0.1, 0.15) is 0 Å². The number of ether oxygens (including phenoxy) is 1. The van der Waals surface area contributed by atoms with E-state index in [1.165, 1.54) is 32.3 Å². The van der Waals surface area contributed by atoms with Crippen molar-refractivity contribution in [3.8, 4) is 45.3 Å². The van der Waals surface area contributed by atoms with Crippen LogP contribution in [0.4, 0.5) is 0 Å². The fourth-order valence-corrected chi connectivity index (χ4v) is 6.38. The highest BCUT2D eigenvalue weighted by atomic mass is 16.5. The van der Waals surface area contributed by atoms with Gasteiger partial charge in [0, 0.05) is 16.7 Å². The number of nitrogens with zero attached hydrogens (tertiary/aromatic N) is 2. The zero-order valence-electron chi connectivity index (χ0n) is 22.0. The van der Waals surface area contributed by atoms with Gasteiger partial charge in [0.25, 0.3) is 0 Å². The first kappa shape index (κ1) is 22.3. The second-order valence-electron chi connectivity index (χ2n) is 10.5. The third kappa shape index (κ3) is 3.26. The van der Waals surface area contributed by atoms with E-state index in [1.54, 1.807) is 0 Å². The first-order valence-electron chi connectivity index (χ1n) is 13.8. The number of fused-ring (bicyclic) bond motifs is 8. The molecule has 7 aromatic carbocycles. The van der Waals surface area contributed by atoms with E-state index in [1.807, 2.05) is 24.3 Å². The van der Waals surface area contributed by atoms with Crippen molar-refractivity contribution in [1.82, 2.24) is 9.97 Å². The fraction of sp³-hybridized carbons (Fsp3) is 0. The Morgan fingerprint density at radius 3 is 1.83 bits per heavy atom. The molecule has 0 fully saturated rings. The van der Waals surface area contributed by atoms with Crippen LogP contribution in [-0.2, 0) is 0 Å². The molecule has 1 aromatic heterocycles. The molecule has 1 aliphatic heterocycles. The summed E-state index contributed by atoms with van der Waals surface area (Å²) in [5.41, 5.74) is 5.90. The zero-order chi connectivity index (χ0) is 26.9. The Bertz CT molecular complexity index is 2310. The van der Waals surface area contributed by atoms with Crippen molar-refractivity contribution in [2.45, 2.75) is 0 Å². The highest BCUT2D eigenvalue weighted by Gasteiger charge is 2.26. The average Bonchev–Trinajstić information content (AvgIpc) is 3.05. The standard InChI is InChI=1S/C38H22N2O/c1-2-10-23(11-3-1)25-20-21-33-35-36(31-16-8-9-17-34(31)41-37(25)35)40-38(39-33)24-18-19-30-28-14-5-4-12-26(28)27-13-6-7-15-29(27)32(30)22-24/h1-22H. The van der Waals surface area contributed by atoms with Gasteiger partial charge in [-0.25, -0.2) is 9.97 Å². The van der Waals surface area contributed by atoms with Crippen molar-refractivity contribution in [3.05, 3.63) is 133 Å². The predicted molar refractivity (Wildman–Crippen MR) is 168 cm³/mol. The quantitative estimate of drug-likeness (QED) is 0.212. The highest BCUT2D eigenvalue weighted by Crippen LogP contribution is 2.49. The molecule has 0 N–H and O–H groups in total. The van der Waals surface area contributed by atoms with Crippen molar-refractivity contribution >= 4 is 43.2 Å². The first-order valence-corrected chi connectivity index (χ1v) is 13.8. The number of benzene rings is 7. The van der Waals surface area contributed by atoms with Gasteiger partial charge in [0.05, 0.1) is 16.6 Å². The lowest BCUT2D eigenvalue weighted by Crippen LogP contribution is -2.03. The van der Waals surface area contributed by atoms with E-state index in [-0.39, 0.29) is 0 Å². The Kier molecular flexibility index (Phi) is 4.61. The van der Waals surface area contributed by atoms with Gasteiger partial charge in [-0.1, -0.05) is 103 Å². The van der Waals surface area contributed by atoms with Crippen molar-refractivity contribution in [1.29, 1.82) is 0 Å².